The number of nitrogens with one attached hydrogen (secondary N) is 1. The average molecular weight is 296 g/mol. The van der Waals surface area contributed by atoms with Crippen LogP contribution in [0.3, 0.4) is 0 Å². The molecule has 19 heavy (non-hydrogen) atoms. The molecule has 5 heteroatoms. The van der Waals surface area contributed by atoms with E-state index in [1.54, 1.807) is 0 Å². The Morgan fingerprint density at radius 1 is 1.42 bits per heavy atom. The fourth-order valence-corrected chi connectivity index (χ4v) is 3.10. The molecule has 1 unspecified atom stereocenters. The molecular weight excluding hydrogens is 282 g/mol. The van der Waals surface area contributed by atoms with Gasteiger partial charge in [0.1, 0.15) is 24.7 Å². The second-order valence-corrected chi connectivity index (χ2v) is 6.15. The maximum absolute atomic E-state index is 5.89. The van der Waals surface area contributed by atoms with E-state index in [2.05, 4.69) is 11.4 Å². The zero-order chi connectivity index (χ0) is 13.2. The van der Waals surface area contributed by atoms with Crippen LogP contribution in [0.15, 0.2) is 30.3 Å². The molecular formula is C14H14ClNO2S. The normalized spacial score (nSPS) is 17.1. The van der Waals surface area contributed by atoms with Crippen molar-refractivity contribution in [2.45, 2.75) is 12.6 Å². The second-order valence-electron chi connectivity index (χ2n) is 4.35. The van der Waals surface area contributed by atoms with Crippen LogP contribution in [0.4, 0.5) is 0 Å². The minimum Gasteiger partial charge on any atom is -0.491 e. The first kappa shape index (κ1) is 12.8. The Morgan fingerprint density at radius 2 is 2.32 bits per heavy atom. The van der Waals surface area contributed by atoms with Gasteiger partial charge in [0.2, 0.25) is 0 Å². The number of fused-ring (bicyclic) bond motifs is 1. The van der Waals surface area contributed by atoms with Crippen molar-refractivity contribution in [3.63, 3.8) is 0 Å². The molecule has 1 atom stereocenters. The van der Waals surface area contributed by atoms with E-state index in [4.69, 9.17) is 21.1 Å². The summed E-state index contributed by atoms with van der Waals surface area (Å²) < 4.78 is 12.2. The molecule has 3 nitrogen and oxygen atoms in total. The molecule has 0 amide bonds. The maximum Gasteiger partial charge on any atom is 0.127 e. The van der Waals surface area contributed by atoms with Gasteiger partial charge in [-0.05, 0) is 31.3 Å². The zero-order valence-corrected chi connectivity index (χ0v) is 12.1. The van der Waals surface area contributed by atoms with Gasteiger partial charge in [-0.3, -0.25) is 0 Å². The summed E-state index contributed by atoms with van der Waals surface area (Å²) >= 11 is 7.42. The standard InChI is InChI=1S/C14H14ClNO2S/c1-16-12-8-18-13-6-9(2-4-11(12)13)17-7-10-3-5-14(15)19-10/h2-6,12,16H,7-8H2,1H3. The molecule has 0 spiro atoms. The summed E-state index contributed by atoms with van der Waals surface area (Å²) in [6.45, 7) is 1.21. The third-order valence-electron chi connectivity index (χ3n) is 3.12. The van der Waals surface area contributed by atoms with E-state index in [1.165, 1.54) is 16.9 Å². The highest BCUT2D eigenvalue weighted by Gasteiger charge is 2.22. The van der Waals surface area contributed by atoms with Crippen LogP contribution in [-0.2, 0) is 6.61 Å². The van der Waals surface area contributed by atoms with Crippen LogP contribution in [-0.4, -0.2) is 13.7 Å². The Hall–Kier alpha value is -1.23. The Morgan fingerprint density at radius 3 is 3.05 bits per heavy atom. The van der Waals surface area contributed by atoms with Crippen molar-refractivity contribution >= 4 is 22.9 Å². The van der Waals surface area contributed by atoms with E-state index in [9.17, 15) is 0 Å². The number of hydrogen-bond acceptors (Lipinski definition) is 4. The van der Waals surface area contributed by atoms with Crippen molar-refractivity contribution in [1.29, 1.82) is 0 Å². The Labute approximate surface area is 121 Å². The summed E-state index contributed by atoms with van der Waals surface area (Å²) in [6.07, 6.45) is 0. The van der Waals surface area contributed by atoms with Crippen molar-refractivity contribution in [3.8, 4) is 11.5 Å². The van der Waals surface area contributed by atoms with E-state index in [0.29, 0.717) is 13.2 Å². The highest BCUT2D eigenvalue weighted by atomic mass is 35.5. The van der Waals surface area contributed by atoms with Gasteiger partial charge >= 0.3 is 0 Å². The lowest BCUT2D eigenvalue weighted by molar-refractivity contribution is 0.301. The van der Waals surface area contributed by atoms with Crippen LogP contribution < -0.4 is 14.8 Å². The van der Waals surface area contributed by atoms with Gasteiger partial charge < -0.3 is 14.8 Å². The quantitative estimate of drug-likeness (QED) is 0.934. The first-order chi connectivity index (χ1) is 9.26. The average Bonchev–Trinajstić information content (AvgIpc) is 3.01. The lowest BCUT2D eigenvalue weighted by Gasteiger charge is -2.08. The predicted octanol–water partition coefficient (Wildman–Crippen LogP) is 3.63. The van der Waals surface area contributed by atoms with Gasteiger partial charge in [-0.2, -0.15) is 0 Å². The molecule has 0 aliphatic carbocycles. The van der Waals surface area contributed by atoms with Crippen LogP contribution in [0.25, 0.3) is 0 Å². The first-order valence-electron chi connectivity index (χ1n) is 6.07. The summed E-state index contributed by atoms with van der Waals surface area (Å²) in [5, 5.41) is 3.22. The lowest BCUT2D eigenvalue weighted by atomic mass is 10.1. The molecule has 2 aromatic rings. The monoisotopic (exact) mass is 295 g/mol. The highest BCUT2D eigenvalue weighted by Crippen LogP contribution is 2.35. The predicted molar refractivity (Wildman–Crippen MR) is 77.4 cm³/mol. The van der Waals surface area contributed by atoms with Gasteiger partial charge in [-0.1, -0.05) is 11.6 Å². The molecule has 1 aliphatic rings. The second kappa shape index (κ2) is 5.41. The van der Waals surface area contributed by atoms with Crippen LogP contribution in [0.2, 0.25) is 4.34 Å². The summed E-state index contributed by atoms with van der Waals surface area (Å²) in [6, 6.07) is 10.1. The fourth-order valence-electron chi connectivity index (χ4n) is 2.10. The molecule has 0 saturated carbocycles. The van der Waals surface area contributed by atoms with Gasteiger partial charge in [0, 0.05) is 16.5 Å². The molecule has 100 valence electrons. The van der Waals surface area contributed by atoms with Gasteiger partial charge in [-0.15, -0.1) is 11.3 Å². The van der Waals surface area contributed by atoms with E-state index in [1.807, 2.05) is 31.3 Å². The van der Waals surface area contributed by atoms with E-state index < -0.39 is 0 Å². The SMILES string of the molecule is CNC1COc2cc(OCc3ccc(Cl)s3)ccc21. The summed E-state index contributed by atoms with van der Waals surface area (Å²) in [4.78, 5) is 1.11. The molecule has 0 fully saturated rings. The van der Waals surface area contributed by atoms with Crippen molar-refractivity contribution < 1.29 is 9.47 Å². The van der Waals surface area contributed by atoms with Crippen molar-refractivity contribution in [2.24, 2.45) is 0 Å². The molecule has 0 bridgehead atoms. The van der Waals surface area contributed by atoms with E-state index in [0.717, 1.165) is 20.7 Å². The van der Waals surface area contributed by atoms with Gasteiger partial charge in [0.25, 0.3) is 0 Å². The molecule has 1 aliphatic heterocycles. The summed E-state index contributed by atoms with van der Waals surface area (Å²) in [5.74, 6) is 1.72. The number of likely N-dealkylation sites (N-methyl/N-ethyl adjacent to an activating group) is 1. The van der Waals surface area contributed by atoms with Crippen LogP contribution >= 0.6 is 22.9 Å². The van der Waals surface area contributed by atoms with Crippen LogP contribution in [0.1, 0.15) is 16.5 Å². The van der Waals surface area contributed by atoms with Gasteiger partial charge in [-0.25, -0.2) is 0 Å². The third kappa shape index (κ3) is 2.71. The minimum absolute atomic E-state index is 0.278. The van der Waals surface area contributed by atoms with Crippen molar-refractivity contribution in [2.75, 3.05) is 13.7 Å². The highest BCUT2D eigenvalue weighted by molar-refractivity contribution is 7.16. The molecule has 1 aromatic heterocycles. The van der Waals surface area contributed by atoms with E-state index in [-0.39, 0.29) is 6.04 Å². The van der Waals surface area contributed by atoms with Crippen molar-refractivity contribution in [3.05, 3.63) is 45.1 Å². The number of benzene rings is 1. The Balaban J connectivity index is 1.69. The smallest absolute Gasteiger partial charge is 0.127 e. The Kier molecular flexibility index (Phi) is 3.64. The summed E-state index contributed by atoms with van der Waals surface area (Å²) in [5.41, 5.74) is 1.19. The molecule has 2 heterocycles. The Bertz CT molecular complexity index is 585. The minimum atomic E-state index is 0.278. The molecule has 3 rings (SSSR count). The number of rotatable bonds is 4. The van der Waals surface area contributed by atoms with E-state index >= 15 is 0 Å². The largest absolute Gasteiger partial charge is 0.491 e. The number of hydrogen-bond donors (Lipinski definition) is 1. The molecule has 1 aromatic carbocycles. The first-order valence-corrected chi connectivity index (χ1v) is 7.27. The zero-order valence-electron chi connectivity index (χ0n) is 10.5. The molecule has 1 N–H and O–H groups in total. The van der Waals surface area contributed by atoms with Gasteiger partial charge in [0.15, 0.2) is 0 Å². The van der Waals surface area contributed by atoms with Crippen molar-refractivity contribution in [1.82, 2.24) is 5.32 Å². The molecule has 0 saturated heterocycles. The lowest BCUT2D eigenvalue weighted by Crippen LogP contribution is -2.17. The van der Waals surface area contributed by atoms with Gasteiger partial charge in [0.05, 0.1) is 10.4 Å². The summed E-state index contributed by atoms with van der Waals surface area (Å²) in [7, 11) is 1.94. The van der Waals surface area contributed by atoms with Crippen LogP contribution in [0, 0.1) is 0 Å². The number of ether oxygens (including phenoxy) is 2. The maximum atomic E-state index is 5.89. The topological polar surface area (TPSA) is 30.5 Å². The fraction of sp³-hybridized carbons (Fsp3) is 0.286. The number of halogens is 1. The van der Waals surface area contributed by atoms with Crippen LogP contribution in [0.5, 0.6) is 11.5 Å². The molecule has 0 radical (unpaired) electrons. The number of thiophene rings is 1. The third-order valence-corrected chi connectivity index (χ3v) is 4.33.